The number of carboxylic acid groups (broad SMARTS) is 1. The van der Waals surface area contributed by atoms with E-state index in [1.807, 2.05) is 0 Å². The number of benzene rings is 3. The van der Waals surface area contributed by atoms with Gasteiger partial charge in [0.15, 0.2) is 6.10 Å². The lowest BCUT2D eigenvalue weighted by atomic mass is 9.84. The van der Waals surface area contributed by atoms with Crippen LogP contribution in [0.4, 0.5) is 18.9 Å². The molecule has 3 aromatic carbocycles. The van der Waals surface area contributed by atoms with Crippen LogP contribution in [0.3, 0.4) is 0 Å². The molecule has 190 valence electrons. The van der Waals surface area contributed by atoms with Crippen molar-refractivity contribution in [2.45, 2.75) is 51.5 Å². The Morgan fingerprint density at radius 1 is 1.03 bits per heavy atom. The first-order chi connectivity index (χ1) is 16.8. The summed E-state index contributed by atoms with van der Waals surface area (Å²) < 4.78 is 54.6. The smallest absolute Gasteiger partial charge is 0.416 e. The summed E-state index contributed by atoms with van der Waals surface area (Å²) in [5, 5.41) is 10.1. The van der Waals surface area contributed by atoms with Gasteiger partial charge in [0, 0.05) is 11.3 Å². The molecule has 0 aromatic heterocycles. The molecule has 5 nitrogen and oxygen atoms in total. The van der Waals surface area contributed by atoms with E-state index >= 15 is 0 Å². The van der Waals surface area contributed by atoms with Gasteiger partial charge in [-0.25, -0.2) is 4.79 Å². The number of hydrogen-bond donors (Lipinski definition) is 2. The molecule has 0 saturated heterocycles. The van der Waals surface area contributed by atoms with Crippen LogP contribution in [0.25, 0.3) is 22.3 Å². The number of carbonyl (C=O) groups is 1. The number of alkyl halides is 3. The zero-order valence-electron chi connectivity index (χ0n) is 20.3. The molecule has 8 heteroatoms. The Balaban J connectivity index is 2.10. The first-order valence-corrected chi connectivity index (χ1v) is 11.6. The maximum Gasteiger partial charge on any atom is 0.416 e. The largest absolute Gasteiger partial charge is 0.493 e. The second kappa shape index (κ2) is 9.50. The van der Waals surface area contributed by atoms with E-state index in [4.69, 9.17) is 15.2 Å². The number of nitrogen functional groups attached to an aromatic ring is 1. The van der Waals surface area contributed by atoms with Gasteiger partial charge in [0.2, 0.25) is 0 Å². The minimum atomic E-state index is -4.81. The Bertz CT molecular complexity index is 1280. The summed E-state index contributed by atoms with van der Waals surface area (Å²) >= 11 is 0. The van der Waals surface area contributed by atoms with Crippen LogP contribution in [0, 0.1) is 0 Å². The van der Waals surface area contributed by atoms with Crippen LogP contribution in [-0.2, 0) is 22.1 Å². The molecule has 3 aromatic rings. The van der Waals surface area contributed by atoms with Crippen molar-refractivity contribution in [3.63, 3.8) is 0 Å². The van der Waals surface area contributed by atoms with Crippen molar-refractivity contribution in [2.75, 3.05) is 12.3 Å². The number of carboxylic acids is 1. The molecule has 0 aliphatic carbocycles. The third-order valence-electron chi connectivity index (χ3n) is 5.93. The molecule has 3 N–H and O–H groups in total. The van der Waals surface area contributed by atoms with Gasteiger partial charge in [0.25, 0.3) is 0 Å². The third kappa shape index (κ3) is 5.33. The molecular formula is C28H28F3NO4. The third-order valence-corrected chi connectivity index (χ3v) is 5.93. The number of hydrogen-bond acceptors (Lipinski definition) is 4. The SMILES string of the molecule is CC(C)(C)OC(C(=O)O)c1c(C(F)(F)F)ccc(-c2ccc(N)cc2)c1-c1ccc2c(c1)CCCO2. The number of ether oxygens (including phenoxy) is 2. The molecule has 1 aliphatic rings. The summed E-state index contributed by atoms with van der Waals surface area (Å²) in [6.07, 6.45) is -5.19. The van der Waals surface area contributed by atoms with E-state index in [9.17, 15) is 23.1 Å². The lowest BCUT2D eigenvalue weighted by molar-refractivity contribution is -0.163. The lowest BCUT2D eigenvalue weighted by Crippen LogP contribution is -2.29. The van der Waals surface area contributed by atoms with E-state index in [1.54, 1.807) is 63.2 Å². The number of fused-ring (bicyclic) bond motifs is 1. The van der Waals surface area contributed by atoms with Gasteiger partial charge in [0.05, 0.1) is 17.8 Å². The van der Waals surface area contributed by atoms with E-state index in [0.29, 0.717) is 41.2 Å². The number of halogens is 3. The Hall–Kier alpha value is -3.52. The Labute approximate surface area is 207 Å². The second-order valence-electron chi connectivity index (χ2n) is 9.79. The van der Waals surface area contributed by atoms with Gasteiger partial charge in [-0.2, -0.15) is 13.2 Å². The Kier molecular flexibility index (Phi) is 6.75. The molecule has 0 spiro atoms. The molecule has 36 heavy (non-hydrogen) atoms. The summed E-state index contributed by atoms with van der Waals surface area (Å²) in [7, 11) is 0. The minimum Gasteiger partial charge on any atom is -0.493 e. The quantitative estimate of drug-likeness (QED) is 0.374. The first-order valence-electron chi connectivity index (χ1n) is 11.6. The number of aliphatic carboxylic acids is 1. The van der Waals surface area contributed by atoms with Crippen molar-refractivity contribution >= 4 is 11.7 Å². The highest BCUT2D eigenvalue weighted by molar-refractivity contribution is 5.91. The minimum absolute atomic E-state index is 0.152. The van der Waals surface area contributed by atoms with Crippen LogP contribution in [0.15, 0.2) is 54.6 Å². The molecule has 0 saturated carbocycles. The van der Waals surface area contributed by atoms with Crippen LogP contribution in [0.1, 0.15) is 50.0 Å². The molecule has 0 amide bonds. The van der Waals surface area contributed by atoms with Gasteiger partial charge < -0.3 is 20.3 Å². The molecule has 1 aliphatic heterocycles. The van der Waals surface area contributed by atoms with Gasteiger partial charge >= 0.3 is 12.1 Å². The van der Waals surface area contributed by atoms with E-state index in [2.05, 4.69) is 0 Å². The molecule has 1 unspecified atom stereocenters. The molecule has 0 radical (unpaired) electrons. The zero-order valence-corrected chi connectivity index (χ0v) is 20.3. The summed E-state index contributed by atoms with van der Waals surface area (Å²) in [4.78, 5) is 12.4. The van der Waals surface area contributed by atoms with Crippen molar-refractivity contribution in [2.24, 2.45) is 0 Å². The van der Waals surface area contributed by atoms with Crippen molar-refractivity contribution < 1.29 is 32.5 Å². The fourth-order valence-electron chi connectivity index (χ4n) is 4.46. The fourth-order valence-corrected chi connectivity index (χ4v) is 4.46. The number of rotatable bonds is 5. The molecule has 0 fully saturated rings. The van der Waals surface area contributed by atoms with Crippen LogP contribution < -0.4 is 10.5 Å². The van der Waals surface area contributed by atoms with Crippen molar-refractivity contribution in [3.8, 4) is 28.0 Å². The normalized spacial score (nSPS) is 14.6. The number of anilines is 1. The Morgan fingerprint density at radius 2 is 1.69 bits per heavy atom. The zero-order chi connectivity index (χ0) is 26.3. The first kappa shape index (κ1) is 25.6. The van der Waals surface area contributed by atoms with E-state index < -0.39 is 35.0 Å². The summed E-state index contributed by atoms with van der Waals surface area (Å²) in [6.45, 7) is 5.39. The monoisotopic (exact) mass is 499 g/mol. The summed E-state index contributed by atoms with van der Waals surface area (Å²) in [5.74, 6) is -0.833. The second-order valence-corrected chi connectivity index (χ2v) is 9.79. The van der Waals surface area contributed by atoms with Crippen molar-refractivity contribution in [3.05, 3.63) is 71.3 Å². The molecule has 0 bridgehead atoms. The summed E-state index contributed by atoms with van der Waals surface area (Å²) in [5.41, 5.74) is 6.33. The topological polar surface area (TPSA) is 81.8 Å². The van der Waals surface area contributed by atoms with Gasteiger partial charge in [-0.05, 0) is 91.8 Å². The highest BCUT2D eigenvalue weighted by Crippen LogP contribution is 2.47. The van der Waals surface area contributed by atoms with Gasteiger partial charge in [0.1, 0.15) is 5.75 Å². The van der Waals surface area contributed by atoms with Gasteiger partial charge in [-0.15, -0.1) is 0 Å². The molecule has 4 rings (SSSR count). The average Bonchev–Trinajstić information content (AvgIpc) is 2.80. The molecular weight excluding hydrogens is 471 g/mol. The van der Waals surface area contributed by atoms with E-state index in [0.717, 1.165) is 18.1 Å². The lowest BCUT2D eigenvalue weighted by Gasteiger charge is -2.30. The molecule has 1 heterocycles. The van der Waals surface area contributed by atoms with Crippen LogP contribution in [0.2, 0.25) is 0 Å². The number of aryl methyl sites for hydroxylation is 1. The highest BCUT2D eigenvalue weighted by Gasteiger charge is 2.41. The maximum atomic E-state index is 14.4. The van der Waals surface area contributed by atoms with E-state index in [-0.39, 0.29) is 5.56 Å². The summed E-state index contributed by atoms with van der Waals surface area (Å²) in [6, 6.07) is 14.2. The predicted molar refractivity (Wildman–Crippen MR) is 132 cm³/mol. The van der Waals surface area contributed by atoms with Crippen LogP contribution in [0.5, 0.6) is 5.75 Å². The maximum absolute atomic E-state index is 14.4. The van der Waals surface area contributed by atoms with Crippen molar-refractivity contribution in [1.29, 1.82) is 0 Å². The van der Waals surface area contributed by atoms with Crippen LogP contribution in [-0.4, -0.2) is 23.3 Å². The average molecular weight is 500 g/mol. The molecule has 1 atom stereocenters. The van der Waals surface area contributed by atoms with Gasteiger partial charge in [-0.3, -0.25) is 0 Å². The highest BCUT2D eigenvalue weighted by atomic mass is 19.4. The standard InChI is InChI=1S/C28H28F3NO4/c1-27(2,3)36-25(26(33)34)24-21(28(29,30)31)12-11-20(16-6-9-19(32)10-7-16)23(24)18-8-13-22-17(15-18)5-4-14-35-22/h6-13,15,25H,4-5,14,32H2,1-3H3,(H,33,34). The Morgan fingerprint density at radius 3 is 2.31 bits per heavy atom. The van der Waals surface area contributed by atoms with Gasteiger partial charge in [-0.1, -0.05) is 24.3 Å². The predicted octanol–water partition coefficient (Wildman–Crippen LogP) is 6.89. The van der Waals surface area contributed by atoms with E-state index in [1.165, 1.54) is 6.07 Å². The number of nitrogens with two attached hydrogens (primary N) is 1. The van der Waals surface area contributed by atoms with Crippen molar-refractivity contribution in [1.82, 2.24) is 0 Å². The van der Waals surface area contributed by atoms with Crippen LogP contribution >= 0.6 is 0 Å². The fraction of sp³-hybridized carbons (Fsp3) is 0.321.